The van der Waals surface area contributed by atoms with E-state index in [-0.39, 0.29) is 12.6 Å². The molecule has 0 saturated heterocycles. The first-order valence-corrected chi connectivity index (χ1v) is 4.57. The van der Waals surface area contributed by atoms with Crippen molar-refractivity contribution in [3.63, 3.8) is 0 Å². The third-order valence-electron chi connectivity index (χ3n) is 1.84. The van der Waals surface area contributed by atoms with Crippen LogP contribution in [0.15, 0.2) is 22.7 Å². The largest absolute Gasteiger partial charge is 0.394 e. The summed E-state index contributed by atoms with van der Waals surface area (Å²) in [6.45, 7) is 1.96. The van der Waals surface area contributed by atoms with Crippen LogP contribution >= 0.6 is 15.9 Å². The minimum absolute atomic E-state index is 0.0244. The van der Waals surface area contributed by atoms with Crippen LogP contribution in [0.5, 0.6) is 0 Å². The molecule has 1 aromatic rings. The Labute approximate surface area is 80.5 Å². The molecule has 0 heterocycles. The summed E-state index contributed by atoms with van der Waals surface area (Å²) in [5.74, 6) is 0. The highest BCUT2D eigenvalue weighted by Gasteiger charge is 2.10. The molecule has 0 aliphatic heterocycles. The van der Waals surface area contributed by atoms with Gasteiger partial charge in [-0.25, -0.2) is 0 Å². The highest BCUT2D eigenvalue weighted by atomic mass is 79.9. The molecular formula is C9H12BrNO. The van der Waals surface area contributed by atoms with E-state index in [1.807, 2.05) is 25.1 Å². The summed E-state index contributed by atoms with van der Waals surface area (Å²) in [6, 6.07) is 5.57. The van der Waals surface area contributed by atoms with Gasteiger partial charge in [-0.3, -0.25) is 0 Å². The van der Waals surface area contributed by atoms with E-state index in [2.05, 4.69) is 15.9 Å². The molecule has 0 fully saturated rings. The number of benzene rings is 1. The minimum atomic E-state index is -0.291. The van der Waals surface area contributed by atoms with E-state index in [1.165, 1.54) is 0 Å². The zero-order valence-electron chi connectivity index (χ0n) is 6.92. The van der Waals surface area contributed by atoms with Crippen LogP contribution in [0.3, 0.4) is 0 Å². The first-order valence-electron chi connectivity index (χ1n) is 3.78. The van der Waals surface area contributed by atoms with Crippen molar-refractivity contribution in [1.29, 1.82) is 0 Å². The van der Waals surface area contributed by atoms with Crippen molar-refractivity contribution >= 4 is 15.9 Å². The van der Waals surface area contributed by atoms with Crippen LogP contribution in [0.1, 0.15) is 17.2 Å². The summed E-state index contributed by atoms with van der Waals surface area (Å²) in [5.41, 5.74) is 7.80. The molecule has 0 bridgehead atoms. The molecule has 1 atom stereocenters. The van der Waals surface area contributed by atoms with Crippen molar-refractivity contribution in [2.45, 2.75) is 13.0 Å². The number of aliphatic hydroxyl groups is 1. The van der Waals surface area contributed by atoms with Crippen LogP contribution in [-0.4, -0.2) is 11.7 Å². The van der Waals surface area contributed by atoms with E-state index in [1.54, 1.807) is 0 Å². The van der Waals surface area contributed by atoms with Crippen molar-refractivity contribution < 1.29 is 5.11 Å². The maximum Gasteiger partial charge on any atom is 0.0624 e. The second kappa shape index (κ2) is 4.03. The lowest BCUT2D eigenvalue weighted by molar-refractivity contribution is 0.267. The molecule has 3 N–H and O–H groups in total. The Balaban J connectivity index is 3.12. The second-order valence-corrected chi connectivity index (χ2v) is 3.61. The summed E-state index contributed by atoms with van der Waals surface area (Å²) in [4.78, 5) is 0. The van der Waals surface area contributed by atoms with Crippen molar-refractivity contribution in [1.82, 2.24) is 0 Å². The molecule has 0 radical (unpaired) electrons. The van der Waals surface area contributed by atoms with E-state index in [0.717, 1.165) is 15.6 Å². The lowest BCUT2D eigenvalue weighted by Crippen LogP contribution is -2.16. The maximum absolute atomic E-state index is 8.89. The summed E-state index contributed by atoms with van der Waals surface area (Å²) >= 11 is 3.40. The SMILES string of the molecule is Cc1cccc(Br)c1C(N)CO. The van der Waals surface area contributed by atoms with Crippen LogP contribution in [0.4, 0.5) is 0 Å². The molecule has 2 nitrogen and oxygen atoms in total. The molecule has 0 amide bonds. The van der Waals surface area contributed by atoms with E-state index >= 15 is 0 Å². The molecule has 66 valence electrons. The maximum atomic E-state index is 8.89. The Morgan fingerprint density at radius 1 is 1.58 bits per heavy atom. The van der Waals surface area contributed by atoms with Gasteiger partial charge in [-0.1, -0.05) is 28.1 Å². The van der Waals surface area contributed by atoms with Gasteiger partial charge in [0.1, 0.15) is 0 Å². The summed E-state index contributed by atoms with van der Waals surface area (Å²) < 4.78 is 0.962. The van der Waals surface area contributed by atoms with E-state index in [0.29, 0.717) is 0 Å². The number of rotatable bonds is 2. The molecule has 0 saturated carbocycles. The van der Waals surface area contributed by atoms with Gasteiger partial charge in [0, 0.05) is 4.47 Å². The van der Waals surface area contributed by atoms with E-state index in [9.17, 15) is 0 Å². The molecule has 1 aromatic carbocycles. The highest BCUT2D eigenvalue weighted by Crippen LogP contribution is 2.24. The molecule has 12 heavy (non-hydrogen) atoms. The molecule has 3 heteroatoms. The van der Waals surface area contributed by atoms with Gasteiger partial charge >= 0.3 is 0 Å². The number of nitrogens with two attached hydrogens (primary N) is 1. The Bertz CT molecular complexity index is 255. The van der Waals surface area contributed by atoms with Crippen LogP contribution in [0.2, 0.25) is 0 Å². The fraction of sp³-hybridized carbons (Fsp3) is 0.333. The average Bonchev–Trinajstić information content (AvgIpc) is 2.03. The summed E-state index contributed by atoms with van der Waals surface area (Å²) in [6.07, 6.45) is 0. The molecule has 0 aliphatic carbocycles. The van der Waals surface area contributed by atoms with Gasteiger partial charge < -0.3 is 10.8 Å². The standard InChI is InChI=1S/C9H12BrNO/c1-6-3-2-4-7(10)9(6)8(11)5-12/h2-4,8,12H,5,11H2,1H3. The Hall–Kier alpha value is -0.380. The first kappa shape index (κ1) is 9.71. The van der Waals surface area contributed by atoms with Crippen LogP contribution in [-0.2, 0) is 0 Å². The van der Waals surface area contributed by atoms with Crippen molar-refractivity contribution in [3.05, 3.63) is 33.8 Å². The van der Waals surface area contributed by atoms with Crippen LogP contribution < -0.4 is 5.73 Å². The van der Waals surface area contributed by atoms with Gasteiger partial charge in [-0.2, -0.15) is 0 Å². The smallest absolute Gasteiger partial charge is 0.0624 e. The van der Waals surface area contributed by atoms with Crippen molar-refractivity contribution in [2.24, 2.45) is 5.73 Å². The molecular weight excluding hydrogens is 218 g/mol. The number of aliphatic hydroxyl groups excluding tert-OH is 1. The Morgan fingerprint density at radius 2 is 2.25 bits per heavy atom. The minimum Gasteiger partial charge on any atom is -0.394 e. The van der Waals surface area contributed by atoms with Gasteiger partial charge in [-0.05, 0) is 24.1 Å². The topological polar surface area (TPSA) is 46.2 Å². The molecule has 0 aromatic heterocycles. The lowest BCUT2D eigenvalue weighted by atomic mass is 10.0. The van der Waals surface area contributed by atoms with Crippen LogP contribution in [0.25, 0.3) is 0 Å². The molecule has 1 unspecified atom stereocenters. The van der Waals surface area contributed by atoms with Gasteiger partial charge in [0.25, 0.3) is 0 Å². The monoisotopic (exact) mass is 229 g/mol. The molecule has 0 spiro atoms. The van der Waals surface area contributed by atoms with Crippen molar-refractivity contribution in [3.8, 4) is 0 Å². The van der Waals surface area contributed by atoms with Crippen LogP contribution in [0, 0.1) is 6.92 Å². The third kappa shape index (κ3) is 1.86. The fourth-order valence-corrected chi connectivity index (χ4v) is 1.97. The number of hydrogen-bond donors (Lipinski definition) is 2. The van der Waals surface area contributed by atoms with E-state index < -0.39 is 0 Å². The number of aryl methyl sites for hydroxylation is 1. The zero-order chi connectivity index (χ0) is 9.14. The predicted molar refractivity (Wildman–Crippen MR) is 52.9 cm³/mol. The molecule has 1 rings (SSSR count). The quantitative estimate of drug-likeness (QED) is 0.812. The van der Waals surface area contributed by atoms with E-state index in [4.69, 9.17) is 10.8 Å². The van der Waals surface area contributed by atoms with Gasteiger partial charge in [0.15, 0.2) is 0 Å². The van der Waals surface area contributed by atoms with Gasteiger partial charge in [-0.15, -0.1) is 0 Å². The average molecular weight is 230 g/mol. The highest BCUT2D eigenvalue weighted by molar-refractivity contribution is 9.10. The number of halogens is 1. The Kier molecular flexibility index (Phi) is 3.26. The first-order chi connectivity index (χ1) is 5.66. The van der Waals surface area contributed by atoms with Gasteiger partial charge in [0.2, 0.25) is 0 Å². The van der Waals surface area contributed by atoms with Gasteiger partial charge in [0.05, 0.1) is 12.6 Å². The Morgan fingerprint density at radius 3 is 2.75 bits per heavy atom. The predicted octanol–water partition coefficient (Wildman–Crippen LogP) is 1.75. The van der Waals surface area contributed by atoms with Crippen molar-refractivity contribution in [2.75, 3.05) is 6.61 Å². The fourth-order valence-electron chi connectivity index (χ4n) is 1.21. The summed E-state index contributed by atoms with van der Waals surface area (Å²) in [7, 11) is 0. The normalized spacial score (nSPS) is 13.0. The zero-order valence-corrected chi connectivity index (χ0v) is 8.51. The summed E-state index contributed by atoms with van der Waals surface area (Å²) in [5, 5.41) is 8.89. The second-order valence-electron chi connectivity index (χ2n) is 2.76. The number of hydrogen-bond acceptors (Lipinski definition) is 2. The lowest BCUT2D eigenvalue weighted by Gasteiger charge is -2.13. The third-order valence-corrected chi connectivity index (χ3v) is 2.53. The molecule has 0 aliphatic rings.